The third-order valence-corrected chi connectivity index (χ3v) is 4.95. The van der Waals surface area contributed by atoms with Gasteiger partial charge in [0.05, 0.1) is 5.52 Å². The Hall–Kier alpha value is -1.82. The Morgan fingerprint density at radius 3 is 2.68 bits per heavy atom. The number of ether oxygens (including phenoxy) is 1. The first-order valence-electron chi connectivity index (χ1n) is 8.84. The molecule has 3 heterocycles. The number of nitrogens with zero attached hydrogens (tertiary/aromatic N) is 4. The van der Waals surface area contributed by atoms with Gasteiger partial charge in [0.1, 0.15) is 11.1 Å². The predicted octanol–water partition coefficient (Wildman–Crippen LogP) is 4.14. The number of halogens is 1. The fourth-order valence-corrected chi connectivity index (χ4v) is 3.70. The summed E-state index contributed by atoms with van der Waals surface area (Å²) in [5.74, 6) is 0.293. The number of fused-ring (bicyclic) bond motifs is 1. The van der Waals surface area contributed by atoms with Crippen LogP contribution >= 0.6 is 11.6 Å². The molecule has 1 aliphatic carbocycles. The highest BCUT2D eigenvalue weighted by atomic mass is 35.5. The predicted molar refractivity (Wildman–Crippen MR) is 96.0 cm³/mol. The fourth-order valence-electron chi connectivity index (χ4n) is 3.56. The molecule has 7 heteroatoms. The second-order valence-corrected chi connectivity index (χ2v) is 8.41. The largest absolute Gasteiger partial charge is 0.444 e. The Bertz CT molecular complexity index is 822. The van der Waals surface area contributed by atoms with Crippen molar-refractivity contribution in [1.82, 2.24) is 19.7 Å². The lowest BCUT2D eigenvalue weighted by Gasteiger charge is -2.24. The number of carbonyl (C=O) groups is 1. The van der Waals surface area contributed by atoms with Gasteiger partial charge in [0, 0.05) is 36.8 Å². The van der Waals surface area contributed by atoms with Crippen molar-refractivity contribution in [3.8, 4) is 0 Å². The van der Waals surface area contributed by atoms with Gasteiger partial charge in [0.15, 0.2) is 5.15 Å². The number of amides is 1. The summed E-state index contributed by atoms with van der Waals surface area (Å²) in [5, 5.41) is 8.62. The first-order valence-corrected chi connectivity index (χ1v) is 9.21. The number of likely N-dealkylation sites (tertiary alicyclic amines) is 1. The summed E-state index contributed by atoms with van der Waals surface area (Å²) in [6.45, 7) is 7.08. The highest BCUT2D eigenvalue weighted by Gasteiger charge is 2.35. The maximum atomic E-state index is 12.3. The number of carbonyl (C=O) groups excluding carboxylic acids is 1. The summed E-state index contributed by atoms with van der Waals surface area (Å²) in [4.78, 5) is 14.2. The minimum Gasteiger partial charge on any atom is -0.444 e. The Kier molecular flexibility index (Phi) is 3.90. The van der Waals surface area contributed by atoms with E-state index in [1.54, 1.807) is 0 Å². The average molecular weight is 363 g/mol. The van der Waals surface area contributed by atoms with Gasteiger partial charge in [-0.05, 0) is 46.1 Å². The lowest BCUT2D eigenvalue weighted by molar-refractivity contribution is 0.0292. The molecule has 2 aromatic rings. The third-order valence-electron chi connectivity index (χ3n) is 4.76. The lowest BCUT2D eigenvalue weighted by Crippen LogP contribution is -2.35. The SMILES string of the molecule is CC(C)(C)OC(=O)N1CCC(c2cc3nnc(Cl)cc3n2C2CC2)C1. The maximum absolute atomic E-state index is 12.3. The lowest BCUT2D eigenvalue weighted by atomic mass is 10.1. The molecule has 6 nitrogen and oxygen atoms in total. The van der Waals surface area contributed by atoms with Gasteiger partial charge in [-0.3, -0.25) is 0 Å². The van der Waals surface area contributed by atoms with E-state index in [0.717, 1.165) is 24.0 Å². The molecule has 134 valence electrons. The van der Waals surface area contributed by atoms with E-state index in [2.05, 4.69) is 20.8 Å². The van der Waals surface area contributed by atoms with E-state index in [1.807, 2.05) is 31.7 Å². The molecule has 1 aliphatic heterocycles. The maximum Gasteiger partial charge on any atom is 0.410 e. The second-order valence-electron chi connectivity index (χ2n) is 8.02. The van der Waals surface area contributed by atoms with Gasteiger partial charge >= 0.3 is 6.09 Å². The van der Waals surface area contributed by atoms with Crippen LogP contribution in [-0.2, 0) is 4.74 Å². The van der Waals surface area contributed by atoms with Gasteiger partial charge in [0.25, 0.3) is 0 Å². The molecule has 1 saturated heterocycles. The quantitative estimate of drug-likeness (QED) is 0.805. The number of aromatic nitrogens is 3. The highest BCUT2D eigenvalue weighted by molar-refractivity contribution is 6.29. The van der Waals surface area contributed by atoms with Gasteiger partial charge in [-0.2, -0.15) is 0 Å². The molecule has 0 aromatic carbocycles. The molecule has 1 atom stereocenters. The summed E-state index contributed by atoms with van der Waals surface area (Å²) in [6, 6.07) is 4.52. The molecular weight excluding hydrogens is 340 g/mol. The molecule has 0 radical (unpaired) electrons. The van der Waals surface area contributed by atoms with Crippen LogP contribution in [0.4, 0.5) is 4.79 Å². The Labute approximate surface area is 152 Å². The summed E-state index contributed by atoms with van der Waals surface area (Å²) < 4.78 is 7.87. The van der Waals surface area contributed by atoms with E-state index in [-0.39, 0.29) is 6.09 Å². The number of rotatable bonds is 2. The van der Waals surface area contributed by atoms with Crippen LogP contribution in [-0.4, -0.2) is 44.4 Å². The first kappa shape index (κ1) is 16.6. The van der Waals surface area contributed by atoms with E-state index in [1.165, 1.54) is 18.5 Å². The summed E-state index contributed by atoms with van der Waals surface area (Å²) in [6.07, 6.45) is 3.06. The van der Waals surface area contributed by atoms with Crippen molar-refractivity contribution in [2.24, 2.45) is 0 Å². The fraction of sp³-hybridized carbons (Fsp3) is 0.611. The second kappa shape index (κ2) is 5.87. The topological polar surface area (TPSA) is 60.2 Å². The molecule has 2 aliphatic rings. The molecule has 4 rings (SSSR count). The molecule has 2 fully saturated rings. The summed E-state index contributed by atoms with van der Waals surface area (Å²) >= 11 is 6.05. The van der Waals surface area contributed by atoms with E-state index >= 15 is 0 Å². The van der Waals surface area contributed by atoms with Gasteiger partial charge < -0.3 is 14.2 Å². The van der Waals surface area contributed by atoms with Crippen LogP contribution in [0.25, 0.3) is 11.0 Å². The molecular formula is C18H23ClN4O2. The minimum absolute atomic E-state index is 0.230. The van der Waals surface area contributed by atoms with Crippen LogP contribution in [0.15, 0.2) is 12.1 Å². The van der Waals surface area contributed by atoms with E-state index in [4.69, 9.17) is 16.3 Å². The van der Waals surface area contributed by atoms with Gasteiger partial charge in [-0.1, -0.05) is 11.6 Å². The Morgan fingerprint density at radius 1 is 1.24 bits per heavy atom. The summed E-state index contributed by atoms with van der Waals surface area (Å²) in [7, 11) is 0. The normalized spacial score (nSPS) is 21.1. The molecule has 25 heavy (non-hydrogen) atoms. The van der Waals surface area contributed by atoms with Crippen molar-refractivity contribution < 1.29 is 9.53 Å². The van der Waals surface area contributed by atoms with Crippen molar-refractivity contribution in [3.05, 3.63) is 23.0 Å². The zero-order valence-electron chi connectivity index (χ0n) is 14.8. The van der Waals surface area contributed by atoms with Crippen molar-refractivity contribution in [1.29, 1.82) is 0 Å². The molecule has 1 saturated carbocycles. The third kappa shape index (κ3) is 3.32. The van der Waals surface area contributed by atoms with Crippen molar-refractivity contribution in [2.75, 3.05) is 13.1 Å². The molecule has 2 aromatic heterocycles. The zero-order valence-corrected chi connectivity index (χ0v) is 15.6. The number of hydrogen-bond acceptors (Lipinski definition) is 4. The molecule has 0 bridgehead atoms. The number of hydrogen-bond donors (Lipinski definition) is 0. The summed E-state index contributed by atoms with van der Waals surface area (Å²) in [5.41, 5.74) is 2.69. The van der Waals surface area contributed by atoms with Gasteiger partial charge in [-0.15, -0.1) is 10.2 Å². The smallest absolute Gasteiger partial charge is 0.410 e. The van der Waals surface area contributed by atoms with E-state index in [9.17, 15) is 4.79 Å². The van der Waals surface area contributed by atoms with Crippen LogP contribution < -0.4 is 0 Å². The zero-order chi connectivity index (χ0) is 17.8. The van der Waals surface area contributed by atoms with Gasteiger partial charge in [0.2, 0.25) is 0 Å². The standard InChI is InChI=1S/C18H23ClN4O2/c1-18(2,3)25-17(24)22-7-6-11(10-22)14-8-13-15(9-16(19)21-20-13)23(14)12-4-5-12/h8-9,11-12H,4-7,10H2,1-3H3. The van der Waals surface area contributed by atoms with Crippen LogP contribution in [0.1, 0.15) is 57.7 Å². The minimum atomic E-state index is -0.468. The molecule has 1 unspecified atom stereocenters. The Morgan fingerprint density at radius 2 is 2.00 bits per heavy atom. The van der Waals surface area contributed by atoms with Gasteiger partial charge in [-0.25, -0.2) is 4.79 Å². The van der Waals surface area contributed by atoms with Crippen molar-refractivity contribution in [2.45, 2.75) is 57.6 Å². The van der Waals surface area contributed by atoms with E-state index in [0.29, 0.717) is 23.7 Å². The van der Waals surface area contributed by atoms with Crippen molar-refractivity contribution in [3.63, 3.8) is 0 Å². The van der Waals surface area contributed by atoms with Crippen molar-refractivity contribution >= 4 is 28.7 Å². The first-order chi connectivity index (χ1) is 11.8. The van der Waals surface area contributed by atoms with E-state index < -0.39 is 5.60 Å². The van der Waals surface area contributed by atoms with Crippen LogP contribution in [0, 0.1) is 0 Å². The molecule has 1 amide bonds. The van der Waals surface area contributed by atoms with Crippen LogP contribution in [0.5, 0.6) is 0 Å². The molecule has 0 spiro atoms. The van der Waals surface area contributed by atoms with Crippen LogP contribution in [0.3, 0.4) is 0 Å². The highest BCUT2D eigenvalue weighted by Crippen LogP contribution is 2.43. The Balaban J connectivity index is 1.60. The molecule has 0 N–H and O–H groups in total. The van der Waals surface area contributed by atoms with Crippen LogP contribution in [0.2, 0.25) is 5.15 Å². The average Bonchev–Trinajstić information content (AvgIpc) is 3.10. The monoisotopic (exact) mass is 362 g/mol.